The molecule has 0 bridgehead atoms. The Morgan fingerprint density at radius 2 is 2.09 bits per heavy atom. The Morgan fingerprint density at radius 1 is 1.30 bits per heavy atom. The second kappa shape index (κ2) is 6.77. The fourth-order valence-electron chi connectivity index (χ4n) is 2.88. The molecule has 1 atom stereocenters. The fourth-order valence-corrected chi connectivity index (χ4v) is 2.88. The molecular formula is C18H19FN2O2. The third kappa shape index (κ3) is 3.50. The van der Waals surface area contributed by atoms with Crippen LogP contribution in [-0.4, -0.2) is 30.6 Å². The molecule has 120 valence electrons. The van der Waals surface area contributed by atoms with Gasteiger partial charge in [-0.15, -0.1) is 0 Å². The van der Waals surface area contributed by atoms with E-state index in [1.165, 1.54) is 12.1 Å². The van der Waals surface area contributed by atoms with Gasteiger partial charge in [0.1, 0.15) is 11.6 Å². The fraction of sp³-hybridized carbons (Fsp3) is 0.333. The van der Waals surface area contributed by atoms with Crippen LogP contribution in [-0.2, 0) is 4.74 Å². The van der Waals surface area contributed by atoms with Crippen LogP contribution in [0.1, 0.15) is 35.2 Å². The van der Waals surface area contributed by atoms with E-state index in [2.05, 4.69) is 9.88 Å². The molecule has 0 amide bonds. The van der Waals surface area contributed by atoms with Crippen molar-refractivity contribution in [3.05, 3.63) is 59.5 Å². The van der Waals surface area contributed by atoms with E-state index in [-0.39, 0.29) is 11.8 Å². The van der Waals surface area contributed by atoms with Gasteiger partial charge in [0.15, 0.2) is 0 Å². The van der Waals surface area contributed by atoms with Gasteiger partial charge in [-0.2, -0.15) is 0 Å². The summed E-state index contributed by atoms with van der Waals surface area (Å²) in [5.41, 5.74) is 1.61. The highest BCUT2D eigenvalue weighted by atomic mass is 19.1. The summed E-state index contributed by atoms with van der Waals surface area (Å²) in [5.74, 6) is 0.668. The first-order valence-corrected chi connectivity index (χ1v) is 7.81. The highest BCUT2D eigenvalue weighted by molar-refractivity contribution is 5.89. The van der Waals surface area contributed by atoms with E-state index in [0.717, 1.165) is 30.9 Å². The molecule has 3 rings (SSSR count). The average Bonchev–Trinajstić information content (AvgIpc) is 3.06. The van der Waals surface area contributed by atoms with Crippen LogP contribution in [0, 0.1) is 5.82 Å². The molecule has 2 heterocycles. The third-order valence-electron chi connectivity index (χ3n) is 4.11. The van der Waals surface area contributed by atoms with Gasteiger partial charge in [-0.3, -0.25) is 0 Å². The second-order valence-electron chi connectivity index (χ2n) is 5.61. The van der Waals surface area contributed by atoms with Crippen molar-refractivity contribution in [2.75, 3.05) is 24.6 Å². The normalized spacial score (nSPS) is 17.3. The summed E-state index contributed by atoms with van der Waals surface area (Å²) < 4.78 is 18.0. The molecule has 1 aromatic carbocycles. The molecule has 0 radical (unpaired) electrons. The molecule has 0 aliphatic carbocycles. The molecule has 0 saturated carbocycles. The van der Waals surface area contributed by atoms with Crippen molar-refractivity contribution in [3.8, 4) is 0 Å². The van der Waals surface area contributed by atoms with Crippen LogP contribution < -0.4 is 4.90 Å². The topological polar surface area (TPSA) is 42.4 Å². The van der Waals surface area contributed by atoms with Gasteiger partial charge in [0.2, 0.25) is 0 Å². The van der Waals surface area contributed by atoms with Crippen LogP contribution in [0.25, 0.3) is 0 Å². The highest BCUT2D eigenvalue weighted by Gasteiger charge is 2.25. The first-order valence-electron chi connectivity index (χ1n) is 7.81. The van der Waals surface area contributed by atoms with Crippen LogP contribution in [0.2, 0.25) is 0 Å². The molecule has 5 heteroatoms. The van der Waals surface area contributed by atoms with Crippen LogP contribution in [0.5, 0.6) is 0 Å². The summed E-state index contributed by atoms with van der Waals surface area (Å²) in [6, 6.07) is 10.3. The van der Waals surface area contributed by atoms with E-state index in [1.807, 2.05) is 18.2 Å². The van der Waals surface area contributed by atoms with Crippen molar-refractivity contribution in [1.29, 1.82) is 0 Å². The molecule has 1 aliphatic heterocycles. The predicted octanol–water partition coefficient (Wildman–Crippen LogP) is 3.39. The van der Waals surface area contributed by atoms with Crippen molar-refractivity contribution < 1.29 is 13.9 Å². The van der Waals surface area contributed by atoms with Crippen molar-refractivity contribution in [2.24, 2.45) is 0 Å². The monoisotopic (exact) mass is 314 g/mol. The van der Waals surface area contributed by atoms with Gasteiger partial charge in [0, 0.05) is 25.2 Å². The quantitative estimate of drug-likeness (QED) is 0.811. The number of hydrogen-bond acceptors (Lipinski definition) is 4. The number of pyridine rings is 1. The number of carbonyl (C=O) groups is 1. The number of ether oxygens (including phenoxy) is 1. The summed E-state index contributed by atoms with van der Waals surface area (Å²) in [7, 11) is 0. The average molecular weight is 314 g/mol. The number of anilines is 1. The molecule has 1 aliphatic rings. The minimum Gasteiger partial charge on any atom is -0.462 e. The SMILES string of the molecule is CCOC(=O)c1ccc(N2CCC(c3ccc(F)cc3)C2)nc1. The molecule has 2 aromatic rings. The smallest absolute Gasteiger partial charge is 0.339 e. The lowest BCUT2D eigenvalue weighted by atomic mass is 9.99. The third-order valence-corrected chi connectivity index (χ3v) is 4.11. The van der Waals surface area contributed by atoms with Crippen LogP contribution in [0.4, 0.5) is 10.2 Å². The molecule has 0 N–H and O–H groups in total. The van der Waals surface area contributed by atoms with Gasteiger partial charge in [0.25, 0.3) is 0 Å². The minimum atomic E-state index is -0.350. The molecule has 1 unspecified atom stereocenters. The van der Waals surface area contributed by atoms with Gasteiger partial charge in [-0.05, 0) is 43.2 Å². The molecular weight excluding hydrogens is 295 g/mol. The van der Waals surface area contributed by atoms with Crippen LogP contribution >= 0.6 is 0 Å². The number of hydrogen-bond donors (Lipinski definition) is 0. The Labute approximate surface area is 134 Å². The summed E-state index contributed by atoms with van der Waals surface area (Å²) in [6.45, 7) is 3.87. The maximum atomic E-state index is 13.0. The lowest BCUT2D eigenvalue weighted by Gasteiger charge is -2.17. The van der Waals surface area contributed by atoms with E-state index in [1.54, 1.807) is 19.2 Å². The van der Waals surface area contributed by atoms with E-state index in [9.17, 15) is 9.18 Å². The first-order chi connectivity index (χ1) is 11.2. The van der Waals surface area contributed by atoms with Crippen LogP contribution in [0.3, 0.4) is 0 Å². The maximum absolute atomic E-state index is 13.0. The Morgan fingerprint density at radius 3 is 2.74 bits per heavy atom. The number of benzene rings is 1. The molecule has 4 nitrogen and oxygen atoms in total. The van der Waals surface area contributed by atoms with E-state index >= 15 is 0 Å². The summed E-state index contributed by atoms with van der Waals surface area (Å²) in [6.07, 6.45) is 2.56. The summed E-state index contributed by atoms with van der Waals surface area (Å²) in [4.78, 5) is 18.2. The molecule has 1 fully saturated rings. The second-order valence-corrected chi connectivity index (χ2v) is 5.61. The Hall–Kier alpha value is -2.43. The lowest BCUT2D eigenvalue weighted by Crippen LogP contribution is -2.20. The molecule has 1 saturated heterocycles. The highest BCUT2D eigenvalue weighted by Crippen LogP contribution is 2.30. The van der Waals surface area contributed by atoms with E-state index in [4.69, 9.17) is 4.74 Å². The number of halogens is 1. The van der Waals surface area contributed by atoms with Gasteiger partial charge in [0.05, 0.1) is 12.2 Å². The zero-order valence-electron chi connectivity index (χ0n) is 13.0. The number of aromatic nitrogens is 1. The number of nitrogens with zero attached hydrogens (tertiary/aromatic N) is 2. The van der Waals surface area contributed by atoms with E-state index < -0.39 is 0 Å². The van der Waals surface area contributed by atoms with Crippen molar-refractivity contribution in [1.82, 2.24) is 4.98 Å². The van der Waals surface area contributed by atoms with Crippen molar-refractivity contribution >= 4 is 11.8 Å². The Balaban J connectivity index is 1.67. The van der Waals surface area contributed by atoms with Gasteiger partial charge in [-0.1, -0.05) is 12.1 Å². The van der Waals surface area contributed by atoms with Crippen molar-refractivity contribution in [2.45, 2.75) is 19.3 Å². The molecule has 0 spiro atoms. The Kier molecular flexibility index (Phi) is 4.55. The van der Waals surface area contributed by atoms with Gasteiger partial charge < -0.3 is 9.64 Å². The number of esters is 1. The first kappa shape index (κ1) is 15.5. The Bertz CT molecular complexity index is 670. The minimum absolute atomic E-state index is 0.208. The lowest BCUT2D eigenvalue weighted by molar-refractivity contribution is 0.0526. The zero-order valence-corrected chi connectivity index (χ0v) is 13.0. The standard InChI is InChI=1S/C18H19FN2O2/c1-2-23-18(22)14-5-8-17(20-11-14)21-10-9-15(12-21)13-3-6-16(19)7-4-13/h3-8,11,15H,2,9-10,12H2,1H3. The number of rotatable bonds is 4. The molecule has 23 heavy (non-hydrogen) atoms. The largest absolute Gasteiger partial charge is 0.462 e. The summed E-state index contributed by atoms with van der Waals surface area (Å²) in [5, 5.41) is 0. The number of carbonyl (C=O) groups excluding carboxylic acids is 1. The van der Waals surface area contributed by atoms with Gasteiger partial charge in [-0.25, -0.2) is 14.2 Å². The van der Waals surface area contributed by atoms with Gasteiger partial charge >= 0.3 is 5.97 Å². The van der Waals surface area contributed by atoms with Crippen LogP contribution in [0.15, 0.2) is 42.6 Å². The maximum Gasteiger partial charge on any atom is 0.339 e. The molecule has 1 aromatic heterocycles. The zero-order chi connectivity index (χ0) is 16.2. The predicted molar refractivity (Wildman–Crippen MR) is 86.2 cm³/mol. The summed E-state index contributed by atoms with van der Waals surface area (Å²) >= 11 is 0. The van der Waals surface area contributed by atoms with Crippen molar-refractivity contribution in [3.63, 3.8) is 0 Å². The van der Waals surface area contributed by atoms with E-state index in [0.29, 0.717) is 18.1 Å².